The van der Waals surface area contributed by atoms with Crippen molar-refractivity contribution in [2.45, 2.75) is 39.7 Å². The third kappa shape index (κ3) is 3.79. The highest BCUT2D eigenvalue weighted by Crippen LogP contribution is 2.21. The van der Waals surface area contributed by atoms with Gasteiger partial charge in [-0.3, -0.25) is 4.79 Å². The molecule has 1 amide bonds. The minimum Gasteiger partial charge on any atom is -0.361 e. The van der Waals surface area contributed by atoms with Gasteiger partial charge in [0, 0.05) is 5.56 Å². The molecule has 0 fully saturated rings. The molecule has 3 rings (SSSR count). The van der Waals surface area contributed by atoms with E-state index in [2.05, 4.69) is 20.4 Å². The molecule has 6 nitrogen and oxygen atoms in total. The number of nitrogens with one attached hydrogen (secondary N) is 2. The highest BCUT2D eigenvalue weighted by atomic mass is 16.5. The van der Waals surface area contributed by atoms with Gasteiger partial charge in [-0.05, 0) is 25.8 Å². The molecule has 0 aliphatic heterocycles. The Balaban J connectivity index is 1.70. The Morgan fingerprint density at radius 3 is 2.68 bits per heavy atom. The molecule has 3 aromatic rings. The van der Waals surface area contributed by atoms with Gasteiger partial charge in [0.2, 0.25) is 5.91 Å². The minimum atomic E-state index is -0.162. The zero-order valence-corrected chi connectivity index (χ0v) is 14.7. The van der Waals surface area contributed by atoms with Gasteiger partial charge in [-0.1, -0.05) is 42.4 Å². The Morgan fingerprint density at radius 1 is 1.28 bits per heavy atom. The fourth-order valence-corrected chi connectivity index (χ4v) is 2.80. The fourth-order valence-electron chi connectivity index (χ4n) is 2.80. The summed E-state index contributed by atoms with van der Waals surface area (Å²) < 4.78 is 5.12. The van der Waals surface area contributed by atoms with Crippen molar-refractivity contribution < 1.29 is 9.32 Å². The summed E-state index contributed by atoms with van der Waals surface area (Å²) in [6.07, 6.45) is 2.80. The number of hydrogen-bond acceptors (Lipinski definition) is 4. The molecule has 0 spiro atoms. The van der Waals surface area contributed by atoms with Crippen LogP contribution in [0.3, 0.4) is 0 Å². The van der Waals surface area contributed by atoms with E-state index in [0.29, 0.717) is 5.76 Å². The maximum Gasteiger partial charge on any atom is 0.225 e. The highest BCUT2D eigenvalue weighted by molar-refractivity contribution is 5.79. The Bertz CT molecular complexity index is 832. The maximum absolute atomic E-state index is 12.4. The summed E-state index contributed by atoms with van der Waals surface area (Å²) in [6, 6.07) is 9.83. The molecular formula is C19H22N4O2. The Kier molecular flexibility index (Phi) is 4.97. The SMILES string of the molecule is CC[C@H](NC(=O)Cc1c(C)noc1C)c1ncc(-c2ccccc2)[nH]1. The smallest absolute Gasteiger partial charge is 0.225 e. The average molecular weight is 338 g/mol. The molecule has 25 heavy (non-hydrogen) atoms. The first-order valence-electron chi connectivity index (χ1n) is 8.40. The zero-order valence-electron chi connectivity index (χ0n) is 14.7. The number of carbonyl (C=O) groups excluding carboxylic acids is 1. The van der Waals surface area contributed by atoms with E-state index in [4.69, 9.17) is 4.52 Å². The summed E-state index contributed by atoms with van der Waals surface area (Å²) in [5, 5.41) is 6.93. The van der Waals surface area contributed by atoms with Gasteiger partial charge in [-0.25, -0.2) is 4.98 Å². The molecular weight excluding hydrogens is 316 g/mol. The number of benzene rings is 1. The molecule has 1 atom stereocenters. The number of rotatable bonds is 6. The molecule has 130 valence electrons. The Hall–Kier alpha value is -2.89. The van der Waals surface area contributed by atoms with Crippen molar-refractivity contribution >= 4 is 5.91 Å². The van der Waals surface area contributed by atoms with Crippen molar-refractivity contribution in [3.8, 4) is 11.3 Å². The molecule has 2 heterocycles. The van der Waals surface area contributed by atoms with Crippen LogP contribution in [0.2, 0.25) is 0 Å². The van der Waals surface area contributed by atoms with Crippen LogP contribution in [0.25, 0.3) is 11.3 Å². The van der Waals surface area contributed by atoms with Crippen LogP contribution in [-0.4, -0.2) is 21.0 Å². The van der Waals surface area contributed by atoms with E-state index in [9.17, 15) is 4.79 Å². The second-order valence-electron chi connectivity index (χ2n) is 6.06. The van der Waals surface area contributed by atoms with Gasteiger partial charge < -0.3 is 14.8 Å². The van der Waals surface area contributed by atoms with Crippen molar-refractivity contribution in [1.29, 1.82) is 0 Å². The van der Waals surface area contributed by atoms with Gasteiger partial charge >= 0.3 is 0 Å². The van der Waals surface area contributed by atoms with Gasteiger partial charge in [0.1, 0.15) is 11.6 Å². The number of aryl methyl sites for hydroxylation is 2. The second kappa shape index (κ2) is 7.34. The third-order valence-corrected chi connectivity index (χ3v) is 4.27. The number of amides is 1. The van der Waals surface area contributed by atoms with Crippen LogP contribution in [0, 0.1) is 13.8 Å². The van der Waals surface area contributed by atoms with E-state index < -0.39 is 0 Å². The molecule has 2 aromatic heterocycles. The number of carbonyl (C=O) groups is 1. The van der Waals surface area contributed by atoms with Crippen molar-refractivity contribution in [3.63, 3.8) is 0 Å². The summed E-state index contributed by atoms with van der Waals surface area (Å²) in [5.74, 6) is 1.37. The van der Waals surface area contributed by atoms with E-state index in [-0.39, 0.29) is 18.4 Å². The van der Waals surface area contributed by atoms with Crippen LogP contribution in [0.5, 0.6) is 0 Å². The summed E-state index contributed by atoms with van der Waals surface area (Å²) in [6.45, 7) is 5.68. The number of H-pyrrole nitrogens is 1. The van der Waals surface area contributed by atoms with E-state index in [1.54, 1.807) is 6.20 Å². The molecule has 1 aromatic carbocycles. The molecule has 2 N–H and O–H groups in total. The summed E-state index contributed by atoms with van der Waals surface area (Å²) in [4.78, 5) is 20.2. The van der Waals surface area contributed by atoms with Crippen LogP contribution in [-0.2, 0) is 11.2 Å². The van der Waals surface area contributed by atoms with Gasteiger partial charge in [-0.2, -0.15) is 0 Å². The lowest BCUT2D eigenvalue weighted by molar-refractivity contribution is -0.121. The van der Waals surface area contributed by atoms with Crippen molar-refractivity contribution in [3.05, 3.63) is 59.4 Å². The van der Waals surface area contributed by atoms with Gasteiger partial charge in [0.25, 0.3) is 0 Å². The van der Waals surface area contributed by atoms with Crippen LogP contribution in [0.1, 0.15) is 42.2 Å². The summed E-state index contributed by atoms with van der Waals surface area (Å²) >= 11 is 0. The number of aromatic nitrogens is 3. The third-order valence-electron chi connectivity index (χ3n) is 4.27. The average Bonchev–Trinajstić information content (AvgIpc) is 3.23. The van der Waals surface area contributed by atoms with Crippen LogP contribution >= 0.6 is 0 Å². The van der Waals surface area contributed by atoms with E-state index in [1.807, 2.05) is 51.1 Å². The number of hydrogen-bond donors (Lipinski definition) is 2. The van der Waals surface area contributed by atoms with Crippen molar-refractivity contribution in [2.75, 3.05) is 0 Å². The quantitative estimate of drug-likeness (QED) is 0.720. The van der Waals surface area contributed by atoms with Crippen LogP contribution in [0.15, 0.2) is 41.1 Å². The lowest BCUT2D eigenvalue weighted by atomic mass is 10.1. The standard InChI is InChI=1S/C19H22N4O2/c1-4-16(21-18(24)10-15-12(2)23-25-13(15)3)19-20-11-17(22-19)14-8-6-5-7-9-14/h5-9,11,16H,4,10H2,1-3H3,(H,20,22)(H,21,24)/t16-/m0/s1. The monoisotopic (exact) mass is 338 g/mol. The number of imidazole rings is 1. The van der Waals surface area contributed by atoms with E-state index >= 15 is 0 Å². The normalized spacial score (nSPS) is 12.1. The fraction of sp³-hybridized carbons (Fsp3) is 0.316. The molecule has 0 bridgehead atoms. The predicted molar refractivity (Wildman–Crippen MR) is 94.9 cm³/mol. The van der Waals surface area contributed by atoms with Gasteiger partial charge in [0.05, 0.1) is 30.0 Å². The number of aromatic amines is 1. The first-order valence-corrected chi connectivity index (χ1v) is 8.40. The minimum absolute atomic E-state index is 0.0705. The maximum atomic E-state index is 12.4. The largest absolute Gasteiger partial charge is 0.361 e. The lowest BCUT2D eigenvalue weighted by Crippen LogP contribution is -2.30. The molecule has 0 radical (unpaired) electrons. The molecule has 6 heteroatoms. The van der Waals surface area contributed by atoms with Gasteiger partial charge in [0.15, 0.2) is 0 Å². The zero-order chi connectivity index (χ0) is 17.8. The van der Waals surface area contributed by atoms with Crippen LogP contribution in [0.4, 0.5) is 0 Å². The Morgan fingerprint density at radius 2 is 2.04 bits per heavy atom. The second-order valence-corrected chi connectivity index (χ2v) is 6.06. The molecule has 0 saturated carbocycles. The van der Waals surface area contributed by atoms with Crippen LogP contribution < -0.4 is 5.32 Å². The van der Waals surface area contributed by atoms with E-state index in [1.165, 1.54) is 0 Å². The summed E-state index contributed by atoms with van der Waals surface area (Å²) in [5.41, 5.74) is 3.61. The first kappa shape index (κ1) is 17.0. The molecule has 0 saturated heterocycles. The predicted octanol–water partition coefficient (Wildman–Crippen LogP) is 3.49. The topological polar surface area (TPSA) is 83.8 Å². The lowest BCUT2D eigenvalue weighted by Gasteiger charge is -2.14. The molecule has 0 aliphatic rings. The van der Waals surface area contributed by atoms with Crippen molar-refractivity contribution in [1.82, 2.24) is 20.4 Å². The Labute approximate surface area is 146 Å². The van der Waals surface area contributed by atoms with Gasteiger partial charge in [-0.15, -0.1) is 0 Å². The molecule has 0 unspecified atom stereocenters. The first-order chi connectivity index (χ1) is 12.1. The molecule has 0 aliphatic carbocycles. The van der Waals surface area contributed by atoms with Crippen molar-refractivity contribution in [2.24, 2.45) is 0 Å². The summed E-state index contributed by atoms with van der Waals surface area (Å²) in [7, 11) is 0. The van der Waals surface area contributed by atoms with E-state index in [0.717, 1.165) is 34.8 Å². The number of nitrogens with zero attached hydrogens (tertiary/aromatic N) is 2. The highest BCUT2D eigenvalue weighted by Gasteiger charge is 2.19.